The molecule has 0 atom stereocenters. The molecule has 0 aromatic heterocycles. The number of hydrogen-bond donors (Lipinski definition) is 2. The SMILES string of the molecule is CCNCCCNC(=O)Cc1cccc(OC)c1. The smallest absolute Gasteiger partial charge is 0.224 e. The van der Waals surface area contributed by atoms with Crippen molar-refractivity contribution < 1.29 is 9.53 Å². The molecule has 0 aliphatic rings. The van der Waals surface area contributed by atoms with Gasteiger partial charge in [-0.3, -0.25) is 4.79 Å². The van der Waals surface area contributed by atoms with E-state index >= 15 is 0 Å². The maximum Gasteiger partial charge on any atom is 0.224 e. The third-order valence-electron chi connectivity index (χ3n) is 2.60. The number of methoxy groups -OCH3 is 1. The molecule has 0 unspecified atom stereocenters. The average Bonchev–Trinajstić information content (AvgIpc) is 2.38. The van der Waals surface area contributed by atoms with Gasteiger partial charge in [0.1, 0.15) is 5.75 Å². The van der Waals surface area contributed by atoms with Crippen LogP contribution < -0.4 is 15.4 Å². The summed E-state index contributed by atoms with van der Waals surface area (Å²) in [7, 11) is 1.62. The predicted molar refractivity (Wildman–Crippen MR) is 72.9 cm³/mol. The highest BCUT2D eigenvalue weighted by Gasteiger charge is 2.03. The minimum Gasteiger partial charge on any atom is -0.497 e. The van der Waals surface area contributed by atoms with Crippen molar-refractivity contribution >= 4 is 5.91 Å². The minimum atomic E-state index is 0.0553. The zero-order chi connectivity index (χ0) is 13.2. The average molecular weight is 250 g/mol. The molecule has 1 amide bonds. The third kappa shape index (κ3) is 5.68. The van der Waals surface area contributed by atoms with Crippen LogP contribution in [0.1, 0.15) is 18.9 Å². The van der Waals surface area contributed by atoms with Gasteiger partial charge in [0.2, 0.25) is 5.91 Å². The molecule has 0 bridgehead atoms. The number of carbonyl (C=O) groups is 1. The van der Waals surface area contributed by atoms with Gasteiger partial charge in [0, 0.05) is 6.54 Å². The van der Waals surface area contributed by atoms with Gasteiger partial charge in [-0.05, 0) is 37.2 Å². The number of carbonyl (C=O) groups excluding carboxylic acids is 1. The lowest BCUT2D eigenvalue weighted by atomic mass is 10.1. The van der Waals surface area contributed by atoms with Crippen molar-refractivity contribution in [3.05, 3.63) is 29.8 Å². The Kier molecular flexibility index (Phi) is 6.87. The zero-order valence-electron chi connectivity index (χ0n) is 11.2. The van der Waals surface area contributed by atoms with Crippen molar-refractivity contribution in [2.24, 2.45) is 0 Å². The summed E-state index contributed by atoms with van der Waals surface area (Å²) >= 11 is 0. The molecule has 0 fully saturated rings. The highest BCUT2D eigenvalue weighted by Crippen LogP contribution is 2.12. The molecular formula is C14H22N2O2. The molecule has 1 aromatic rings. The zero-order valence-corrected chi connectivity index (χ0v) is 11.2. The Bertz CT molecular complexity index is 367. The summed E-state index contributed by atoms with van der Waals surface area (Å²) in [5, 5.41) is 6.13. The quantitative estimate of drug-likeness (QED) is 0.685. The topological polar surface area (TPSA) is 50.4 Å². The molecule has 4 heteroatoms. The molecule has 0 saturated heterocycles. The van der Waals surface area contributed by atoms with Crippen LogP contribution >= 0.6 is 0 Å². The molecule has 0 spiro atoms. The van der Waals surface area contributed by atoms with Crippen molar-refractivity contribution in [3.63, 3.8) is 0 Å². The number of rotatable bonds is 8. The molecule has 100 valence electrons. The molecule has 0 radical (unpaired) electrons. The number of nitrogens with one attached hydrogen (secondary N) is 2. The van der Waals surface area contributed by atoms with Gasteiger partial charge in [-0.25, -0.2) is 0 Å². The fourth-order valence-electron chi connectivity index (χ4n) is 1.65. The first-order chi connectivity index (χ1) is 8.76. The van der Waals surface area contributed by atoms with E-state index in [-0.39, 0.29) is 5.91 Å². The second kappa shape index (κ2) is 8.53. The number of ether oxygens (including phenoxy) is 1. The van der Waals surface area contributed by atoms with Gasteiger partial charge < -0.3 is 15.4 Å². The fourth-order valence-corrected chi connectivity index (χ4v) is 1.65. The lowest BCUT2D eigenvalue weighted by Gasteiger charge is -2.06. The summed E-state index contributed by atoms with van der Waals surface area (Å²) in [6.45, 7) is 4.70. The lowest BCUT2D eigenvalue weighted by molar-refractivity contribution is -0.120. The van der Waals surface area contributed by atoms with Crippen LogP contribution in [-0.4, -0.2) is 32.7 Å². The van der Waals surface area contributed by atoms with E-state index in [0.29, 0.717) is 6.42 Å². The second-order valence-electron chi connectivity index (χ2n) is 4.09. The van der Waals surface area contributed by atoms with Gasteiger partial charge in [-0.1, -0.05) is 19.1 Å². The molecule has 4 nitrogen and oxygen atoms in total. The van der Waals surface area contributed by atoms with Crippen molar-refractivity contribution in [1.82, 2.24) is 10.6 Å². The van der Waals surface area contributed by atoms with E-state index in [1.165, 1.54) is 0 Å². The van der Waals surface area contributed by atoms with Crippen LogP contribution in [0.4, 0.5) is 0 Å². The van der Waals surface area contributed by atoms with E-state index in [2.05, 4.69) is 17.6 Å². The Hall–Kier alpha value is -1.55. The van der Waals surface area contributed by atoms with Crippen molar-refractivity contribution in [2.75, 3.05) is 26.7 Å². The molecule has 2 N–H and O–H groups in total. The first kappa shape index (κ1) is 14.5. The Morgan fingerprint density at radius 1 is 1.33 bits per heavy atom. The Morgan fingerprint density at radius 2 is 2.17 bits per heavy atom. The summed E-state index contributed by atoms with van der Waals surface area (Å²) in [5.74, 6) is 0.840. The maximum atomic E-state index is 11.7. The molecule has 0 heterocycles. The van der Waals surface area contributed by atoms with Gasteiger partial charge in [0.25, 0.3) is 0 Å². The van der Waals surface area contributed by atoms with E-state index in [0.717, 1.165) is 37.4 Å². The normalized spacial score (nSPS) is 10.1. The van der Waals surface area contributed by atoms with E-state index in [1.807, 2.05) is 24.3 Å². The summed E-state index contributed by atoms with van der Waals surface area (Å²) in [6, 6.07) is 7.59. The molecule has 1 rings (SSSR count). The predicted octanol–water partition coefficient (Wildman–Crippen LogP) is 1.35. The number of amides is 1. The van der Waals surface area contributed by atoms with E-state index in [9.17, 15) is 4.79 Å². The molecule has 0 aliphatic carbocycles. The second-order valence-corrected chi connectivity index (χ2v) is 4.09. The van der Waals surface area contributed by atoms with E-state index < -0.39 is 0 Å². The highest BCUT2D eigenvalue weighted by molar-refractivity contribution is 5.78. The first-order valence-corrected chi connectivity index (χ1v) is 6.36. The highest BCUT2D eigenvalue weighted by atomic mass is 16.5. The molecule has 0 saturated carbocycles. The lowest BCUT2D eigenvalue weighted by Crippen LogP contribution is -2.28. The summed E-state index contributed by atoms with van der Waals surface area (Å²) in [5.41, 5.74) is 0.971. The van der Waals surface area contributed by atoms with Crippen molar-refractivity contribution in [2.45, 2.75) is 19.8 Å². The first-order valence-electron chi connectivity index (χ1n) is 6.36. The summed E-state index contributed by atoms with van der Waals surface area (Å²) in [4.78, 5) is 11.7. The standard InChI is InChI=1S/C14H22N2O2/c1-3-15-8-5-9-16-14(17)11-12-6-4-7-13(10-12)18-2/h4,6-7,10,15H,3,5,8-9,11H2,1-2H3,(H,16,17). The van der Waals surface area contributed by atoms with Gasteiger partial charge in [-0.15, -0.1) is 0 Å². The Morgan fingerprint density at radius 3 is 2.89 bits per heavy atom. The van der Waals surface area contributed by atoms with Crippen LogP contribution in [0.2, 0.25) is 0 Å². The van der Waals surface area contributed by atoms with Crippen LogP contribution in [0.15, 0.2) is 24.3 Å². The van der Waals surface area contributed by atoms with Crippen molar-refractivity contribution in [1.29, 1.82) is 0 Å². The molecule has 18 heavy (non-hydrogen) atoms. The van der Waals surface area contributed by atoms with Gasteiger partial charge in [0.15, 0.2) is 0 Å². The van der Waals surface area contributed by atoms with Gasteiger partial charge in [-0.2, -0.15) is 0 Å². The molecule has 0 aliphatic heterocycles. The molecule has 1 aromatic carbocycles. The van der Waals surface area contributed by atoms with Crippen LogP contribution in [0, 0.1) is 0 Å². The third-order valence-corrected chi connectivity index (χ3v) is 2.60. The number of hydrogen-bond acceptors (Lipinski definition) is 3. The van der Waals surface area contributed by atoms with Crippen LogP contribution in [0.3, 0.4) is 0 Å². The van der Waals surface area contributed by atoms with Gasteiger partial charge in [0.05, 0.1) is 13.5 Å². The van der Waals surface area contributed by atoms with E-state index in [1.54, 1.807) is 7.11 Å². The minimum absolute atomic E-state index is 0.0553. The van der Waals surface area contributed by atoms with Crippen molar-refractivity contribution in [3.8, 4) is 5.75 Å². The summed E-state index contributed by atoms with van der Waals surface area (Å²) < 4.78 is 5.12. The Balaban J connectivity index is 2.26. The number of benzene rings is 1. The largest absolute Gasteiger partial charge is 0.497 e. The maximum absolute atomic E-state index is 11.7. The molecular weight excluding hydrogens is 228 g/mol. The summed E-state index contributed by atoms with van der Waals surface area (Å²) in [6.07, 6.45) is 1.36. The fraction of sp³-hybridized carbons (Fsp3) is 0.500. The van der Waals surface area contributed by atoms with E-state index in [4.69, 9.17) is 4.74 Å². The van der Waals surface area contributed by atoms with Crippen LogP contribution in [0.5, 0.6) is 5.75 Å². The van der Waals surface area contributed by atoms with Gasteiger partial charge >= 0.3 is 0 Å². The Labute approximate surface area is 109 Å². The van der Waals surface area contributed by atoms with Crippen LogP contribution in [-0.2, 0) is 11.2 Å². The monoisotopic (exact) mass is 250 g/mol. The van der Waals surface area contributed by atoms with Crippen LogP contribution in [0.25, 0.3) is 0 Å².